The highest BCUT2D eigenvalue weighted by molar-refractivity contribution is 8.00. The molecule has 2 aliphatic heterocycles. The van der Waals surface area contributed by atoms with Gasteiger partial charge in [0.15, 0.2) is 10.8 Å². The summed E-state index contributed by atoms with van der Waals surface area (Å²) in [6.07, 6.45) is -1.04. The predicted octanol–water partition coefficient (Wildman–Crippen LogP) is -0.512. The molecule has 0 aliphatic carbocycles. The number of esters is 1. The van der Waals surface area contributed by atoms with Crippen molar-refractivity contribution in [3.8, 4) is 0 Å². The lowest BCUT2D eigenvalue weighted by atomic mass is 10.0. The number of ether oxygens (including phenoxy) is 4. The van der Waals surface area contributed by atoms with E-state index in [9.17, 15) is 24.4 Å². The largest absolute Gasteiger partial charge is 0.510 e. The topological polar surface area (TPSA) is 192 Å². The van der Waals surface area contributed by atoms with Crippen LogP contribution in [0.15, 0.2) is 21.8 Å². The molecule has 3 heterocycles. The molecule has 2 atom stereocenters. The Hall–Kier alpha value is -3.37. The second-order valence-electron chi connectivity index (χ2n) is 6.41. The summed E-state index contributed by atoms with van der Waals surface area (Å²) in [5.74, 6) is -2.04. The number of thioether (sulfide) groups is 1. The molecule has 0 bridgehead atoms. The van der Waals surface area contributed by atoms with Crippen LogP contribution in [0.3, 0.4) is 0 Å². The fraction of sp³-hybridized carbons (Fsp3) is 0.412. The summed E-state index contributed by atoms with van der Waals surface area (Å²) in [6, 6.07) is -1.01. The Balaban J connectivity index is 1.72. The van der Waals surface area contributed by atoms with E-state index in [4.69, 9.17) is 15.2 Å². The van der Waals surface area contributed by atoms with Gasteiger partial charge in [0.25, 0.3) is 11.8 Å². The summed E-state index contributed by atoms with van der Waals surface area (Å²) >= 11 is 2.34. The first-order valence-electron chi connectivity index (χ1n) is 9.10. The van der Waals surface area contributed by atoms with Crippen LogP contribution in [0.25, 0.3) is 0 Å². The van der Waals surface area contributed by atoms with Crippen LogP contribution in [0.1, 0.15) is 5.69 Å². The first-order valence-corrected chi connectivity index (χ1v) is 11.0. The summed E-state index contributed by atoms with van der Waals surface area (Å²) < 4.78 is 18.9. The van der Waals surface area contributed by atoms with Gasteiger partial charge < -0.3 is 35.2 Å². The number of carbonyl (C=O) groups is 4. The number of nitrogens with two attached hydrogens (primary N) is 1. The molecular formula is C17H19N5O9S2. The van der Waals surface area contributed by atoms with Crippen LogP contribution in [0, 0.1) is 0 Å². The highest BCUT2D eigenvalue weighted by atomic mass is 32.2. The lowest BCUT2D eigenvalue weighted by Gasteiger charge is -2.49. The number of carbonyl (C=O) groups excluding carboxylic acids is 4. The predicted molar refractivity (Wildman–Crippen MR) is 113 cm³/mol. The third-order valence-electron chi connectivity index (χ3n) is 4.46. The molecule has 3 rings (SSSR count). The van der Waals surface area contributed by atoms with Gasteiger partial charge in [-0.1, -0.05) is 5.16 Å². The smallest absolute Gasteiger partial charge is 0.438 e. The van der Waals surface area contributed by atoms with Gasteiger partial charge in [-0.3, -0.25) is 14.5 Å². The number of nitrogen functional groups attached to an aromatic ring is 1. The number of amides is 2. The molecule has 1 saturated heterocycles. The molecule has 178 valence electrons. The van der Waals surface area contributed by atoms with Crippen LogP contribution in [0.2, 0.25) is 0 Å². The lowest BCUT2D eigenvalue weighted by Crippen LogP contribution is -2.71. The number of methoxy groups -OCH3 is 2. The number of anilines is 1. The summed E-state index contributed by atoms with van der Waals surface area (Å²) in [5.41, 5.74) is 5.60. The van der Waals surface area contributed by atoms with E-state index in [1.807, 2.05) is 0 Å². The number of β-lactam (4-membered cyclic amide) rings is 1. The number of nitrogens with one attached hydrogen (secondary N) is 1. The first kappa shape index (κ1) is 24.3. The molecule has 0 saturated carbocycles. The number of oxime groups is 1. The van der Waals surface area contributed by atoms with Gasteiger partial charge in [-0.2, -0.15) is 0 Å². The zero-order valence-electron chi connectivity index (χ0n) is 17.3. The minimum atomic E-state index is -1.04. The van der Waals surface area contributed by atoms with Gasteiger partial charge >= 0.3 is 12.1 Å². The average Bonchev–Trinajstić information content (AvgIpc) is 3.23. The van der Waals surface area contributed by atoms with E-state index >= 15 is 0 Å². The van der Waals surface area contributed by atoms with Gasteiger partial charge in [0.05, 0.1) is 13.7 Å². The maximum absolute atomic E-state index is 12.8. The number of thiazole rings is 1. The number of rotatable bonds is 8. The van der Waals surface area contributed by atoms with Gasteiger partial charge in [-0.05, 0) is 5.57 Å². The van der Waals surface area contributed by atoms with Gasteiger partial charge in [0, 0.05) is 18.2 Å². The SMILES string of the molecule is COCC1=C(C(=O)OCOC(=O)OC)N2C(=O)C(NC(=O)C(=NO)c3csc(N)n3)[C@@H]2SC1. The standard InChI is InChI=1S/C17H19N5O9S2/c1-28-3-7-4-32-14-10(20-12(23)9(21-27)8-5-33-16(18)19-8)13(24)22(14)11(7)15(25)30-6-31-17(26)29-2/h5,10,14,27H,3-4,6H2,1-2H3,(H2,18,19)(H,20,23)/t10?,14-/m0/s1. The van der Waals surface area contributed by atoms with E-state index in [1.165, 1.54) is 29.2 Å². The van der Waals surface area contributed by atoms with Crippen molar-refractivity contribution in [2.24, 2.45) is 5.16 Å². The van der Waals surface area contributed by atoms with Gasteiger partial charge in [0.1, 0.15) is 22.8 Å². The van der Waals surface area contributed by atoms with E-state index < -0.39 is 47.9 Å². The van der Waals surface area contributed by atoms with E-state index in [2.05, 4.69) is 24.9 Å². The van der Waals surface area contributed by atoms with Crippen molar-refractivity contribution in [3.05, 3.63) is 22.3 Å². The van der Waals surface area contributed by atoms with Crippen LogP contribution < -0.4 is 11.1 Å². The molecule has 33 heavy (non-hydrogen) atoms. The molecule has 1 aromatic rings. The molecule has 1 fully saturated rings. The van der Waals surface area contributed by atoms with E-state index in [0.29, 0.717) is 11.3 Å². The Morgan fingerprint density at radius 1 is 1.36 bits per heavy atom. The van der Waals surface area contributed by atoms with Crippen molar-refractivity contribution in [1.29, 1.82) is 0 Å². The van der Waals surface area contributed by atoms with Crippen LogP contribution in [-0.4, -0.2) is 89.5 Å². The van der Waals surface area contributed by atoms with Crippen LogP contribution in [0.4, 0.5) is 9.93 Å². The maximum Gasteiger partial charge on any atom is 0.510 e. The fourth-order valence-corrected chi connectivity index (χ4v) is 4.91. The number of hydrogen-bond acceptors (Lipinski definition) is 14. The summed E-state index contributed by atoms with van der Waals surface area (Å²) in [6.45, 7) is -0.669. The molecule has 0 spiro atoms. The van der Waals surface area contributed by atoms with Crippen molar-refractivity contribution >= 4 is 57.9 Å². The van der Waals surface area contributed by atoms with Crippen molar-refractivity contribution in [2.75, 3.05) is 39.1 Å². The maximum atomic E-state index is 12.8. The van der Waals surface area contributed by atoms with Gasteiger partial charge in [0.2, 0.25) is 6.79 Å². The Kier molecular flexibility index (Phi) is 7.72. The molecule has 1 unspecified atom stereocenters. The Bertz CT molecular complexity index is 1020. The van der Waals surface area contributed by atoms with Crippen molar-refractivity contribution < 1.29 is 43.3 Å². The van der Waals surface area contributed by atoms with Crippen LogP contribution in [-0.2, 0) is 33.3 Å². The summed E-state index contributed by atoms with van der Waals surface area (Å²) in [4.78, 5) is 54.1. The third kappa shape index (κ3) is 5.01. The number of aromatic nitrogens is 1. The van der Waals surface area contributed by atoms with E-state index in [-0.39, 0.29) is 23.1 Å². The molecular weight excluding hydrogens is 482 g/mol. The van der Waals surface area contributed by atoms with Gasteiger partial charge in [-0.15, -0.1) is 23.1 Å². The summed E-state index contributed by atoms with van der Waals surface area (Å²) in [5, 5.41) is 15.6. The van der Waals surface area contributed by atoms with Crippen LogP contribution >= 0.6 is 23.1 Å². The lowest BCUT2D eigenvalue weighted by molar-refractivity contribution is -0.157. The highest BCUT2D eigenvalue weighted by Crippen LogP contribution is 2.40. The highest BCUT2D eigenvalue weighted by Gasteiger charge is 2.54. The van der Waals surface area contributed by atoms with Gasteiger partial charge in [-0.25, -0.2) is 14.6 Å². The quantitative estimate of drug-likeness (QED) is 0.103. The van der Waals surface area contributed by atoms with Crippen molar-refractivity contribution in [1.82, 2.24) is 15.2 Å². The molecule has 0 radical (unpaired) electrons. The monoisotopic (exact) mass is 501 g/mol. The molecule has 2 aliphatic rings. The van der Waals surface area contributed by atoms with E-state index in [0.717, 1.165) is 18.4 Å². The average molecular weight is 501 g/mol. The first-order chi connectivity index (χ1) is 15.8. The molecule has 2 amide bonds. The Labute approximate surface area is 194 Å². The van der Waals surface area contributed by atoms with Crippen molar-refractivity contribution in [2.45, 2.75) is 11.4 Å². The number of nitrogens with zero attached hydrogens (tertiary/aromatic N) is 3. The minimum absolute atomic E-state index is 0.0505. The Morgan fingerprint density at radius 3 is 2.73 bits per heavy atom. The molecule has 16 heteroatoms. The fourth-order valence-electron chi connectivity index (χ4n) is 3.03. The molecule has 4 N–H and O–H groups in total. The second kappa shape index (κ2) is 10.5. The minimum Gasteiger partial charge on any atom is -0.438 e. The summed E-state index contributed by atoms with van der Waals surface area (Å²) in [7, 11) is 2.52. The normalized spacial score (nSPS) is 20.0. The van der Waals surface area contributed by atoms with Crippen molar-refractivity contribution in [3.63, 3.8) is 0 Å². The number of fused-ring (bicyclic) bond motifs is 1. The van der Waals surface area contributed by atoms with Crippen LogP contribution in [0.5, 0.6) is 0 Å². The third-order valence-corrected chi connectivity index (χ3v) is 6.47. The number of hydrogen-bond donors (Lipinski definition) is 3. The Morgan fingerprint density at radius 2 is 2.12 bits per heavy atom. The van der Waals surface area contributed by atoms with E-state index in [1.54, 1.807) is 0 Å². The second-order valence-corrected chi connectivity index (χ2v) is 8.41. The molecule has 1 aromatic heterocycles. The molecule has 0 aromatic carbocycles. The zero-order chi connectivity index (χ0) is 24.1. The zero-order valence-corrected chi connectivity index (χ0v) is 18.9. The molecule has 14 nitrogen and oxygen atoms in total.